The molecule has 2 aromatic heterocycles. The van der Waals surface area contributed by atoms with Crippen molar-refractivity contribution in [1.29, 1.82) is 0 Å². The number of aromatic nitrogens is 2. The number of hydrogen-bond donors (Lipinski definition) is 1. The Morgan fingerprint density at radius 3 is 3.21 bits per heavy atom. The topological polar surface area (TPSA) is 32.6 Å². The zero-order chi connectivity index (χ0) is 13.1. The minimum Gasteiger partial charge on any atom is -0.356 e. The van der Waals surface area contributed by atoms with Gasteiger partial charge in [-0.25, -0.2) is 4.98 Å². The smallest absolute Gasteiger partial charge is 0.138 e. The molecular weight excluding hydrogens is 236 g/mol. The normalized spacial score (nSPS) is 19.1. The van der Waals surface area contributed by atoms with E-state index in [4.69, 9.17) is 0 Å². The number of rotatable bonds is 5. The van der Waals surface area contributed by atoms with Crippen molar-refractivity contribution in [3.63, 3.8) is 0 Å². The minimum atomic E-state index is 0.630. The van der Waals surface area contributed by atoms with Crippen LogP contribution < -0.4 is 10.2 Å². The van der Waals surface area contributed by atoms with Gasteiger partial charge in [0.05, 0.1) is 0 Å². The zero-order valence-electron chi connectivity index (χ0n) is 11.5. The van der Waals surface area contributed by atoms with Crippen molar-refractivity contribution < 1.29 is 0 Å². The van der Waals surface area contributed by atoms with Gasteiger partial charge in [-0.1, -0.05) is 13.0 Å². The van der Waals surface area contributed by atoms with Gasteiger partial charge in [0.15, 0.2) is 0 Å². The van der Waals surface area contributed by atoms with Gasteiger partial charge in [0.1, 0.15) is 11.5 Å². The highest BCUT2D eigenvalue weighted by molar-refractivity contribution is 5.51. The van der Waals surface area contributed by atoms with Gasteiger partial charge in [-0.3, -0.25) is 4.40 Å². The first-order valence-corrected chi connectivity index (χ1v) is 7.29. The molecule has 1 aliphatic rings. The third-order valence-electron chi connectivity index (χ3n) is 3.83. The Bertz CT molecular complexity index is 528. The van der Waals surface area contributed by atoms with Crippen LogP contribution in [0.2, 0.25) is 0 Å². The predicted molar refractivity (Wildman–Crippen MR) is 78.7 cm³/mol. The first-order chi connectivity index (χ1) is 9.38. The first kappa shape index (κ1) is 12.5. The fourth-order valence-electron chi connectivity index (χ4n) is 2.94. The van der Waals surface area contributed by atoms with E-state index < -0.39 is 0 Å². The van der Waals surface area contributed by atoms with Gasteiger partial charge < -0.3 is 10.2 Å². The number of pyridine rings is 1. The van der Waals surface area contributed by atoms with E-state index >= 15 is 0 Å². The highest BCUT2D eigenvalue weighted by Crippen LogP contribution is 2.18. The number of fused-ring (bicyclic) bond motifs is 1. The van der Waals surface area contributed by atoms with Crippen LogP contribution in [0.25, 0.3) is 5.65 Å². The van der Waals surface area contributed by atoms with E-state index in [1.807, 2.05) is 6.20 Å². The Morgan fingerprint density at radius 1 is 1.47 bits per heavy atom. The van der Waals surface area contributed by atoms with Crippen LogP contribution >= 0.6 is 0 Å². The molecule has 0 saturated carbocycles. The van der Waals surface area contributed by atoms with Crippen molar-refractivity contribution >= 4 is 11.5 Å². The Morgan fingerprint density at radius 2 is 2.42 bits per heavy atom. The van der Waals surface area contributed by atoms with Crippen molar-refractivity contribution in [2.24, 2.45) is 0 Å². The predicted octanol–water partition coefficient (Wildman–Crippen LogP) is 2.30. The van der Waals surface area contributed by atoms with Gasteiger partial charge in [-0.15, -0.1) is 0 Å². The van der Waals surface area contributed by atoms with Crippen molar-refractivity contribution in [3.8, 4) is 0 Å². The molecule has 0 spiro atoms. The Labute approximate surface area is 114 Å². The number of anilines is 1. The molecule has 1 fully saturated rings. The second-order valence-electron chi connectivity index (χ2n) is 5.28. The highest BCUT2D eigenvalue weighted by Gasteiger charge is 2.19. The Kier molecular flexibility index (Phi) is 3.69. The third-order valence-corrected chi connectivity index (χ3v) is 3.83. The molecule has 0 amide bonds. The van der Waals surface area contributed by atoms with Crippen molar-refractivity contribution in [2.75, 3.05) is 24.5 Å². The summed E-state index contributed by atoms with van der Waals surface area (Å²) in [6.07, 6.45) is 7.68. The van der Waals surface area contributed by atoms with Crippen molar-refractivity contribution in [3.05, 3.63) is 30.6 Å². The second-order valence-corrected chi connectivity index (χ2v) is 5.28. The molecule has 3 heterocycles. The van der Waals surface area contributed by atoms with E-state index in [-0.39, 0.29) is 0 Å². The molecule has 1 aliphatic heterocycles. The average molecular weight is 258 g/mol. The first-order valence-electron chi connectivity index (χ1n) is 7.29. The standard InChI is InChI=1S/C15H22N4/c1-2-10-18(12-13-5-4-8-16-13)15-7-3-6-14-17-9-11-19(14)15/h3,6-7,9,11,13,16H,2,4-5,8,10,12H2,1H3. The average Bonchev–Trinajstić information content (AvgIpc) is 3.08. The Hall–Kier alpha value is -1.55. The van der Waals surface area contributed by atoms with Gasteiger partial charge in [-0.05, 0) is 37.9 Å². The minimum absolute atomic E-state index is 0.630. The summed E-state index contributed by atoms with van der Waals surface area (Å²) in [6, 6.07) is 6.98. The number of nitrogens with one attached hydrogen (secondary N) is 1. The maximum Gasteiger partial charge on any atom is 0.138 e. The van der Waals surface area contributed by atoms with E-state index in [1.165, 1.54) is 25.2 Å². The summed E-state index contributed by atoms with van der Waals surface area (Å²) in [5.74, 6) is 1.26. The van der Waals surface area contributed by atoms with Gasteiger partial charge in [0.2, 0.25) is 0 Å². The molecular formula is C15H22N4. The van der Waals surface area contributed by atoms with Crippen LogP contribution in [0, 0.1) is 0 Å². The van der Waals surface area contributed by atoms with E-state index in [0.29, 0.717) is 6.04 Å². The SMILES string of the molecule is CCCN(CC1CCCN1)c1cccc2nccn12. The maximum atomic E-state index is 4.37. The highest BCUT2D eigenvalue weighted by atomic mass is 15.2. The molecule has 4 heteroatoms. The van der Waals surface area contributed by atoms with Crippen LogP contribution in [0.15, 0.2) is 30.6 Å². The van der Waals surface area contributed by atoms with Crippen molar-refractivity contribution in [1.82, 2.24) is 14.7 Å². The van der Waals surface area contributed by atoms with Crippen LogP contribution in [0.5, 0.6) is 0 Å². The third kappa shape index (κ3) is 2.59. The summed E-state index contributed by atoms with van der Waals surface area (Å²) < 4.78 is 2.19. The van der Waals surface area contributed by atoms with Gasteiger partial charge in [0.25, 0.3) is 0 Å². The number of imidazole rings is 1. The lowest BCUT2D eigenvalue weighted by atomic mass is 10.2. The van der Waals surface area contributed by atoms with Crippen LogP contribution in [0.4, 0.5) is 5.82 Å². The molecule has 102 valence electrons. The zero-order valence-corrected chi connectivity index (χ0v) is 11.5. The molecule has 3 rings (SSSR count). The van der Waals surface area contributed by atoms with Gasteiger partial charge in [0, 0.05) is 31.5 Å². The molecule has 2 aromatic rings. The fourth-order valence-corrected chi connectivity index (χ4v) is 2.94. The molecule has 0 aromatic carbocycles. The van der Waals surface area contributed by atoms with Crippen LogP contribution in [-0.2, 0) is 0 Å². The second kappa shape index (κ2) is 5.61. The quantitative estimate of drug-likeness (QED) is 0.893. The largest absolute Gasteiger partial charge is 0.356 e. The van der Waals surface area contributed by atoms with E-state index in [1.54, 1.807) is 0 Å². The van der Waals surface area contributed by atoms with Gasteiger partial charge >= 0.3 is 0 Å². The molecule has 0 radical (unpaired) electrons. The molecule has 0 bridgehead atoms. The lowest BCUT2D eigenvalue weighted by Gasteiger charge is -2.28. The lowest BCUT2D eigenvalue weighted by molar-refractivity contribution is 0.574. The summed E-state index contributed by atoms with van der Waals surface area (Å²) in [6.45, 7) is 5.59. The van der Waals surface area contributed by atoms with Gasteiger partial charge in [-0.2, -0.15) is 0 Å². The molecule has 0 aliphatic carbocycles. The monoisotopic (exact) mass is 258 g/mol. The summed E-state index contributed by atoms with van der Waals surface area (Å²) in [7, 11) is 0. The summed E-state index contributed by atoms with van der Waals surface area (Å²) in [5.41, 5.74) is 1.03. The summed E-state index contributed by atoms with van der Waals surface area (Å²) in [4.78, 5) is 6.86. The van der Waals surface area contributed by atoms with E-state index in [9.17, 15) is 0 Å². The number of nitrogens with zero attached hydrogens (tertiary/aromatic N) is 3. The molecule has 1 saturated heterocycles. The van der Waals surface area contributed by atoms with E-state index in [0.717, 1.165) is 25.2 Å². The molecule has 19 heavy (non-hydrogen) atoms. The van der Waals surface area contributed by atoms with Crippen LogP contribution in [-0.4, -0.2) is 35.1 Å². The van der Waals surface area contributed by atoms with Crippen molar-refractivity contribution in [2.45, 2.75) is 32.2 Å². The van der Waals surface area contributed by atoms with E-state index in [2.05, 4.69) is 50.9 Å². The molecule has 1 atom stereocenters. The molecule has 1 N–H and O–H groups in total. The molecule has 1 unspecified atom stereocenters. The summed E-state index contributed by atoms with van der Waals surface area (Å²) in [5, 5.41) is 3.59. The van der Waals surface area contributed by atoms with Crippen LogP contribution in [0.1, 0.15) is 26.2 Å². The molecule has 4 nitrogen and oxygen atoms in total. The van der Waals surface area contributed by atoms with Crippen LogP contribution in [0.3, 0.4) is 0 Å². The summed E-state index contributed by atoms with van der Waals surface area (Å²) >= 11 is 0. The maximum absolute atomic E-state index is 4.37. The fraction of sp³-hybridized carbons (Fsp3) is 0.533. The Balaban J connectivity index is 1.87. The lowest BCUT2D eigenvalue weighted by Crippen LogP contribution is -2.38. The number of hydrogen-bond acceptors (Lipinski definition) is 3.